The van der Waals surface area contributed by atoms with Gasteiger partial charge in [0.2, 0.25) is 0 Å². The van der Waals surface area contributed by atoms with E-state index in [4.69, 9.17) is 9.47 Å². The van der Waals surface area contributed by atoms with E-state index in [2.05, 4.69) is 0 Å². The molecule has 0 saturated heterocycles. The number of anilines is 1. The summed E-state index contributed by atoms with van der Waals surface area (Å²) in [4.78, 5) is 43.4. The summed E-state index contributed by atoms with van der Waals surface area (Å²) in [6.45, 7) is 8.06. The minimum atomic E-state index is -0.811. The van der Waals surface area contributed by atoms with Crippen molar-refractivity contribution in [2.75, 3.05) is 18.1 Å². The van der Waals surface area contributed by atoms with E-state index < -0.39 is 21.6 Å². The van der Waals surface area contributed by atoms with E-state index in [-0.39, 0.29) is 19.1 Å². The van der Waals surface area contributed by atoms with Crippen LogP contribution in [0.25, 0.3) is 5.57 Å². The summed E-state index contributed by atoms with van der Waals surface area (Å²) in [5, 5.41) is 1.81. The van der Waals surface area contributed by atoms with Gasteiger partial charge >= 0.3 is 11.9 Å². The van der Waals surface area contributed by atoms with Gasteiger partial charge in [-0.15, -0.1) is 11.8 Å². The van der Waals surface area contributed by atoms with Crippen molar-refractivity contribution < 1.29 is 23.9 Å². The highest BCUT2D eigenvalue weighted by Crippen LogP contribution is 2.66. The summed E-state index contributed by atoms with van der Waals surface area (Å²) in [6, 6.07) is 17.0. The predicted octanol–water partition coefficient (Wildman–Crippen LogP) is 6.61. The van der Waals surface area contributed by atoms with Crippen LogP contribution in [0.1, 0.15) is 43.6 Å². The Morgan fingerprint density at radius 2 is 1.50 bits per heavy atom. The molecule has 0 unspecified atom stereocenters. The van der Waals surface area contributed by atoms with Crippen molar-refractivity contribution in [1.82, 2.24) is 0 Å². The first-order valence-electron chi connectivity index (χ1n) is 12.3. The number of nitrogens with zero attached hydrogens (tertiary/aromatic N) is 1. The second-order valence-electron chi connectivity index (χ2n) is 9.21. The molecule has 3 heterocycles. The van der Waals surface area contributed by atoms with Gasteiger partial charge in [-0.3, -0.25) is 9.69 Å². The van der Waals surface area contributed by atoms with Gasteiger partial charge in [0.05, 0.1) is 29.3 Å². The fourth-order valence-electron chi connectivity index (χ4n) is 4.81. The topological polar surface area (TPSA) is 72.9 Å². The van der Waals surface area contributed by atoms with Gasteiger partial charge in [0.25, 0.3) is 5.91 Å². The lowest BCUT2D eigenvalue weighted by Gasteiger charge is -2.49. The highest BCUT2D eigenvalue weighted by molar-refractivity contribution is 8.25. The first kappa shape index (κ1) is 26.7. The largest absolute Gasteiger partial charge is 0.462 e. The molecular formula is C29H27NO5S3. The average molecular weight is 566 g/mol. The van der Waals surface area contributed by atoms with Gasteiger partial charge in [0, 0.05) is 21.6 Å². The van der Waals surface area contributed by atoms with Gasteiger partial charge in [-0.2, -0.15) is 0 Å². The molecule has 0 aliphatic carbocycles. The van der Waals surface area contributed by atoms with Gasteiger partial charge in [-0.25, -0.2) is 9.59 Å². The minimum Gasteiger partial charge on any atom is -0.462 e. The van der Waals surface area contributed by atoms with Crippen LogP contribution in [0.4, 0.5) is 5.69 Å². The summed E-state index contributed by atoms with van der Waals surface area (Å²) in [6.07, 6.45) is 1.90. The summed E-state index contributed by atoms with van der Waals surface area (Å²) in [5.41, 5.74) is 2.40. The van der Waals surface area contributed by atoms with Crippen LogP contribution in [-0.4, -0.2) is 40.7 Å². The molecule has 0 fully saturated rings. The zero-order valence-electron chi connectivity index (χ0n) is 21.5. The van der Waals surface area contributed by atoms with Crippen molar-refractivity contribution in [2.45, 2.75) is 37.3 Å². The summed E-state index contributed by atoms with van der Waals surface area (Å²) >= 11 is 4.17. The Bertz CT molecular complexity index is 1410. The number of carbonyl (C=O) groups is 3. The number of esters is 2. The van der Waals surface area contributed by atoms with Crippen molar-refractivity contribution in [3.63, 3.8) is 0 Å². The van der Waals surface area contributed by atoms with Crippen LogP contribution < -0.4 is 4.90 Å². The van der Waals surface area contributed by atoms with E-state index in [0.29, 0.717) is 15.4 Å². The maximum atomic E-state index is 14.0. The molecule has 38 heavy (non-hydrogen) atoms. The van der Waals surface area contributed by atoms with Gasteiger partial charge in [0.1, 0.15) is 8.98 Å². The lowest BCUT2D eigenvalue weighted by Crippen LogP contribution is -2.53. The summed E-state index contributed by atoms with van der Waals surface area (Å²) < 4.78 is 9.88. The monoisotopic (exact) mass is 565 g/mol. The van der Waals surface area contributed by atoms with Crippen LogP contribution in [0, 0.1) is 0 Å². The number of fused-ring (bicyclic) bond motifs is 3. The van der Waals surface area contributed by atoms with Crippen LogP contribution in [0.5, 0.6) is 0 Å². The van der Waals surface area contributed by atoms with Crippen molar-refractivity contribution in [1.29, 1.82) is 0 Å². The molecule has 0 saturated carbocycles. The standard InChI is InChI=1S/C29H27NO5S3/c1-5-34-26(32)21-16-29(36-17-22(38-29)27(33)35-6-2)23-19-14-10-11-15-20(19)30(28(3,4)24(23)37-21)25(31)18-12-8-7-9-13-18/h7-17H,5-6H2,1-4H3/t29-/m1/s1. The molecule has 1 amide bonds. The molecule has 0 bridgehead atoms. The molecule has 5 rings (SSSR count). The Kier molecular flexibility index (Phi) is 7.28. The van der Waals surface area contributed by atoms with Crippen LogP contribution in [-0.2, 0) is 19.1 Å². The Hall–Kier alpha value is -2.88. The molecule has 3 aliphatic heterocycles. The van der Waals surface area contributed by atoms with Crippen molar-refractivity contribution in [3.05, 3.63) is 91.9 Å². The van der Waals surface area contributed by atoms with Crippen LogP contribution in [0.3, 0.4) is 0 Å². The number of hydrogen-bond donors (Lipinski definition) is 0. The van der Waals surface area contributed by atoms with E-state index >= 15 is 0 Å². The molecule has 196 valence electrons. The van der Waals surface area contributed by atoms with Crippen LogP contribution in [0.2, 0.25) is 0 Å². The lowest BCUT2D eigenvalue weighted by atomic mass is 9.84. The fourth-order valence-corrected chi connectivity index (χ4v) is 9.20. The SMILES string of the molecule is CCOC(=O)C1=C[C@]2(SC=C(C(=O)OCC)S2)C2=C(S1)C(C)(C)N(C(=O)c1ccccc1)c1ccccc12. The number of rotatable bonds is 5. The summed E-state index contributed by atoms with van der Waals surface area (Å²) in [5.74, 6) is -0.948. The van der Waals surface area contributed by atoms with Crippen molar-refractivity contribution in [3.8, 4) is 0 Å². The molecule has 0 radical (unpaired) electrons. The van der Waals surface area contributed by atoms with E-state index in [0.717, 1.165) is 21.7 Å². The Morgan fingerprint density at radius 1 is 0.868 bits per heavy atom. The smallest absolute Gasteiger partial charge is 0.345 e. The molecule has 1 spiro atoms. The maximum absolute atomic E-state index is 14.0. The highest BCUT2D eigenvalue weighted by atomic mass is 32.2. The van der Waals surface area contributed by atoms with Crippen LogP contribution >= 0.6 is 35.3 Å². The Labute approximate surface area is 234 Å². The second kappa shape index (κ2) is 10.4. The number of thioether (sulfide) groups is 3. The highest BCUT2D eigenvalue weighted by Gasteiger charge is 2.54. The first-order chi connectivity index (χ1) is 18.2. The van der Waals surface area contributed by atoms with Crippen molar-refractivity contribution >= 4 is 64.4 Å². The number of hydrogen-bond acceptors (Lipinski definition) is 8. The normalized spacial score (nSPS) is 21.3. The number of ether oxygens (including phenoxy) is 2. The third-order valence-corrected chi connectivity index (χ3v) is 10.7. The molecule has 0 aromatic heterocycles. The number of benzene rings is 2. The molecule has 6 nitrogen and oxygen atoms in total. The van der Waals surface area contributed by atoms with E-state index in [9.17, 15) is 14.4 Å². The number of amides is 1. The second-order valence-corrected chi connectivity index (χ2v) is 12.9. The minimum absolute atomic E-state index is 0.131. The quantitative estimate of drug-likeness (QED) is 0.375. The predicted molar refractivity (Wildman–Crippen MR) is 156 cm³/mol. The maximum Gasteiger partial charge on any atom is 0.345 e. The van der Waals surface area contributed by atoms with Gasteiger partial charge in [-0.05, 0) is 57.4 Å². The fraction of sp³-hybridized carbons (Fsp3) is 0.276. The molecular weight excluding hydrogens is 539 g/mol. The summed E-state index contributed by atoms with van der Waals surface area (Å²) in [7, 11) is 0. The zero-order chi connectivity index (χ0) is 27.1. The molecule has 1 atom stereocenters. The van der Waals surface area contributed by atoms with Gasteiger partial charge in [0.15, 0.2) is 0 Å². The van der Waals surface area contributed by atoms with Gasteiger partial charge in [-0.1, -0.05) is 59.9 Å². The van der Waals surface area contributed by atoms with Crippen molar-refractivity contribution in [2.24, 2.45) is 0 Å². The third-order valence-electron chi connectivity index (χ3n) is 6.42. The molecule has 0 N–H and O–H groups in total. The van der Waals surface area contributed by atoms with Crippen LogP contribution in [0.15, 0.2) is 80.8 Å². The number of carbonyl (C=O) groups excluding carboxylic acids is 3. The van der Waals surface area contributed by atoms with Gasteiger partial charge < -0.3 is 9.47 Å². The average Bonchev–Trinajstić information content (AvgIpc) is 3.33. The molecule has 2 aromatic carbocycles. The van der Waals surface area contributed by atoms with E-state index in [1.165, 1.54) is 35.3 Å². The van der Waals surface area contributed by atoms with E-state index in [1.807, 2.05) is 79.4 Å². The number of para-hydroxylation sites is 1. The Morgan fingerprint density at radius 3 is 2.18 bits per heavy atom. The molecule has 3 aliphatic rings. The third kappa shape index (κ3) is 4.40. The first-order valence-corrected chi connectivity index (χ1v) is 14.8. The van der Waals surface area contributed by atoms with E-state index in [1.54, 1.807) is 19.3 Å². The zero-order valence-corrected chi connectivity index (χ0v) is 23.9. The molecule has 9 heteroatoms. The molecule has 2 aromatic rings. The lowest BCUT2D eigenvalue weighted by molar-refractivity contribution is -0.138. The Balaban J connectivity index is 1.70.